The Morgan fingerprint density at radius 2 is 2.06 bits per heavy atom. The van der Waals surface area contributed by atoms with Gasteiger partial charge in [-0.15, -0.1) is 0 Å². The number of nitrogens with one attached hydrogen (secondary N) is 1. The maximum absolute atomic E-state index is 13.8. The van der Waals surface area contributed by atoms with Crippen LogP contribution in [-0.2, 0) is 17.8 Å². The lowest BCUT2D eigenvalue weighted by Crippen LogP contribution is -2.51. The van der Waals surface area contributed by atoms with Crippen molar-refractivity contribution in [3.8, 4) is 5.75 Å². The number of ether oxygens (including phenoxy) is 1. The summed E-state index contributed by atoms with van der Waals surface area (Å²) < 4.78 is 33.8. The van der Waals surface area contributed by atoms with Crippen LogP contribution < -0.4 is 10.7 Å². The minimum atomic E-state index is -1.00. The summed E-state index contributed by atoms with van der Waals surface area (Å²) in [6.07, 6.45) is 0.619. The Balaban J connectivity index is 1.62. The Labute approximate surface area is 176 Å². The molecule has 0 spiro atoms. The van der Waals surface area contributed by atoms with Crippen LogP contribution in [0.2, 0.25) is 0 Å². The fraction of sp³-hybridized carbons (Fsp3) is 0.381. The van der Waals surface area contributed by atoms with Gasteiger partial charge in [-0.1, -0.05) is 19.9 Å². The van der Waals surface area contributed by atoms with Gasteiger partial charge in [-0.3, -0.25) is 14.4 Å². The number of halogens is 2. The Hall–Kier alpha value is -3.27. The molecular formula is C21H21F2N3O5. The van der Waals surface area contributed by atoms with Gasteiger partial charge in [-0.2, -0.15) is 0 Å². The summed E-state index contributed by atoms with van der Waals surface area (Å²) in [5.74, 6) is -3.69. The molecule has 2 aromatic rings. The van der Waals surface area contributed by atoms with Crippen LogP contribution in [0.4, 0.5) is 8.78 Å². The Morgan fingerprint density at radius 1 is 1.32 bits per heavy atom. The van der Waals surface area contributed by atoms with Crippen LogP contribution in [0, 0.1) is 17.6 Å². The molecule has 2 aliphatic rings. The zero-order chi connectivity index (χ0) is 22.4. The first-order chi connectivity index (χ1) is 14.7. The Bertz CT molecular complexity index is 1130. The van der Waals surface area contributed by atoms with Crippen molar-refractivity contribution in [3.05, 3.63) is 63.1 Å². The molecule has 1 aromatic heterocycles. The lowest BCUT2D eigenvalue weighted by Gasteiger charge is -2.35. The highest BCUT2D eigenvalue weighted by Crippen LogP contribution is 2.32. The topological polar surface area (TPSA) is 101 Å². The molecule has 0 saturated carbocycles. The van der Waals surface area contributed by atoms with E-state index in [9.17, 15) is 28.3 Å². The average molecular weight is 433 g/mol. The largest absolute Gasteiger partial charge is 0.503 e. The summed E-state index contributed by atoms with van der Waals surface area (Å²) in [5.41, 5.74) is -1.57. The summed E-state index contributed by atoms with van der Waals surface area (Å²) in [6, 6.07) is 2.73. The van der Waals surface area contributed by atoms with Gasteiger partial charge in [0.05, 0.1) is 19.2 Å². The number of aromatic nitrogens is 1. The van der Waals surface area contributed by atoms with Crippen LogP contribution in [0.3, 0.4) is 0 Å². The molecule has 1 unspecified atom stereocenters. The summed E-state index contributed by atoms with van der Waals surface area (Å²) in [5, 5.41) is 12.8. The van der Waals surface area contributed by atoms with Crippen molar-refractivity contribution in [2.24, 2.45) is 5.92 Å². The molecule has 10 heteroatoms. The fourth-order valence-electron chi connectivity index (χ4n) is 3.93. The van der Waals surface area contributed by atoms with Crippen molar-refractivity contribution >= 4 is 11.8 Å². The first kappa shape index (κ1) is 21.0. The summed E-state index contributed by atoms with van der Waals surface area (Å²) in [4.78, 5) is 39.7. The molecule has 2 atom stereocenters. The molecule has 31 heavy (non-hydrogen) atoms. The first-order valence-electron chi connectivity index (χ1n) is 9.81. The van der Waals surface area contributed by atoms with Crippen LogP contribution in [0.15, 0.2) is 29.2 Å². The van der Waals surface area contributed by atoms with Gasteiger partial charge in [0, 0.05) is 24.4 Å². The lowest BCUT2D eigenvalue weighted by atomic mass is 10.0. The van der Waals surface area contributed by atoms with Crippen LogP contribution in [-0.4, -0.2) is 45.3 Å². The molecular weight excluding hydrogens is 412 g/mol. The van der Waals surface area contributed by atoms with E-state index >= 15 is 0 Å². The molecule has 1 aromatic carbocycles. The highest BCUT2D eigenvalue weighted by atomic mass is 19.1. The average Bonchev–Trinajstić information content (AvgIpc) is 3.14. The van der Waals surface area contributed by atoms with Gasteiger partial charge in [0.15, 0.2) is 17.7 Å². The highest BCUT2D eigenvalue weighted by Gasteiger charge is 2.45. The molecule has 0 aliphatic carbocycles. The van der Waals surface area contributed by atoms with Gasteiger partial charge in [0.25, 0.3) is 11.8 Å². The van der Waals surface area contributed by atoms with Crippen molar-refractivity contribution in [3.63, 3.8) is 0 Å². The number of nitrogens with zero attached hydrogens (tertiary/aromatic N) is 2. The predicted molar refractivity (Wildman–Crippen MR) is 104 cm³/mol. The molecule has 1 saturated heterocycles. The van der Waals surface area contributed by atoms with Crippen LogP contribution in [0.1, 0.15) is 40.3 Å². The summed E-state index contributed by atoms with van der Waals surface area (Å²) in [6.45, 7) is 4.09. The lowest BCUT2D eigenvalue weighted by molar-refractivity contribution is 0.00429. The number of pyridine rings is 1. The number of rotatable bonds is 4. The van der Waals surface area contributed by atoms with E-state index in [4.69, 9.17) is 4.74 Å². The van der Waals surface area contributed by atoms with Gasteiger partial charge >= 0.3 is 0 Å². The van der Waals surface area contributed by atoms with Crippen LogP contribution in [0.5, 0.6) is 5.75 Å². The summed E-state index contributed by atoms with van der Waals surface area (Å²) >= 11 is 0. The first-order valence-corrected chi connectivity index (χ1v) is 9.81. The van der Waals surface area contributed by atoms with Crippen molar-refractivity contribution < 1.29 is 28.2 Å². The molecule has 1 fully saturated rings. The number of hydrogen-bond acceptors (Lipinski definition) is 5. The zero-order valence-electron chi connectivity index (χ0n) is 16.9. The number of carbonyl (C=O) groups is 2. The second-order valence-electron chi connectivity index (χ2n) is 7.95. The molecule has 8 nitrogen and oxygen atoms in total. The Morgan fingerprint density at radius 3 is 2.74 bits per heavy atom. The molecule has 0 radical (unpaired) electrons. The third kappa shape index (κ3) is 3.56. The number of benzene rings is 1. The molecule has 2 amide bonds. The Kier molecular flexibility index (Phi) is 5.26. The van der Waals surface area contributed by atoms with Gasteiger partial charge in [0.1, 0.15) is 17.2 Å². The predicted octanol–water partition coefficient (Wildman–Crippen LogP) is 1.60. The minimum Gasteiger partial charge on any atom is -0.503 e. The number of fused-ring (bicyclic) bond motifs is 2. The second kappa shape index (κ2) is 7.77. The van der Waals surface area contributed by atoms with E-state index in [0.29, 0.717) is 12.7 Å². The summed E-state index contributed by atoms with van der Waals surface area (Å²) in [7, 11) is 0. The number of aromatic hydroxyl groups is 1. The quantitative estimate of drug-likeness (QED) is 0.763. The third-order valence-corrected chi connectivity index (χ3v) is 5.64. The molecule has 3 heterocycles. The molecule has 2 aliphatic heterocycles. The van der Waals surface area contributed by atoms with Crippen molar-refractivity contribution in [2.75, 3.05) is 6.61 Å². The van der Waals surface area contributed by atoms with Crippen molar-refractivity contribution in [1.29, 1.82) is 0 Å². The maximum atomic E-state index is 13.8. The molecule has 2 N–H and O–H groups in total. The number of amides is 2. The van der Waals surface area contributed by atoms with E-state index in [0.717, 1.165) is 6.07 Å². The SMILES string of the molecule is CC(C)C1CO[C@@H]2Cn3cc(C(=O)NCc4ccc(F)cc4F)c(=O)c(O)c3C(=O)N12. The van der Waals surface area contributed by atoms with E-state index < -0.39 is 46.4 Å². The van der Waals surface area contributed by atoms with Gasteiger partial charge in [-0.05, 0) is 12.0 Å². The van der Waals surface area contributed by atoms with E-state index in [2.05, 4.69) is 5.32 Å². The zero-order valence-corrected chi connectivity index (χ0v) is 16.9. The molecule has 4 rings (SSSR count). The minimum absolute atomic E-state index is 0.0296. The third-order valence-electron chi connectivity index (χ3n) is 5.64. The van der Waals surface area contributed by atoms with E-state index in [1.54, 1.807) is 0 Å². The van der Waals surface area contributed by atoms with Crippen LogP contribution in [0.25, 0.3) is 0 Å². The maximum Gasteiger partial charge on any atom is 0.276 e. The second-order valence-corrected chi connectivity index (χ2v) is 7.95. The number of carbonyl (C=O) groups excluding carboxylic acids is 2. The molecule has 0 bridgehead atoms. The van der Waals surface area contributed by atoms with E-state index in [1.807, 2.05) is 13.8 Å². The van der Waals surface area contributed by atoms with Gasteiger partial charge < -0.3 is 24.6 Å². The van der Waals surface area contributed by atoms with Crippen LogP contribution >= 0.6 is 0 Å². The highest BCUT2D eigenvalue weighted by molar-refractivity contribution is 5.99. The van der Waals surface area contributed by atoms with Crippen molar-refractivity contribution in [1.82, 2.24) is 14.8 Å². The fourth-order valence-corrected chi connectivity index (χ4v) is 3.93. The molecule has 164 valence electrons. The van der Waals surface area contributed by atoms with Gasteiger partial charge in [-0.25, -0.2) is 8.78 Å². The van der Waals surface area contributed by atoms with Crippen molar-refractivity contribution in [2.45, 2.75) is 39.2 Å². The van der Waals surface area contributed by atoms with Gasteiger partial charge in [0.2, 0.25) is 5.43 Å². The standard InChI is InChI=1S/C21H21F2N3O5/c1-10(2)15-9-31-16-8-25-7-13(18(27)19(28)17(25)21(30)26(15)16)20(29)24-6-11-3-4-12(22)5-14(11)23/h3-5,7,10,15-16,28H,6,8-9H2,1-2H3,(H,24,29)/t15?,16-/m1/s1. The number of hydrogen-bond donors (Lipinski definition) is 2. The van der Waals surface area contributed by atoms with E-state index in [-0.39, 0.29) is 36.3 Å². The smallest absolute Gasteiger partial charge is 0.276 e. The monoisotopic (exact) mass is 433 g/mol. The van der Waals surface area contributed by atoms with E-state index in [1.165, 1.54) is 21.7 Å². The normalized spacial score (nSPS) is 20.0.